The number of benzene rings is 1. The maximum atomic E-state index is 12.9. The van der Waals surface area contributed by atoms with E-state index >= 15 is 0 Å². The zero-order valence-corrected chi connectivity index (χ0v) is 11.8. The molecule has 0 bridgehead atoms. The molecule has 2 atom stereocenters. The normalized spacial score (nSPS) is 25.2. The van der Waals surface area contributed by atoms with Crippen molar-refractivity contribution in [1.29, 1.82) is 0 Å². The Bertz CT molecular complexity index is 544. The minimum atomic E-state index is -0.222. The minimum absolute atomic E-state index is 0.0320. The molecule has 1 aromatic rings. The molecule has 2 heterocycles. The third kappa shape index (κ3) is 3.23. The van der Waals surface area contributed by atoms with E-state index in [1.54, 1.807) is 12.1 Å². The minimum Gasteiger partial charge on any atom is -0.355 e. The molecule has 2 saturated heterocycles. The highest BCUT2D eigenvalue weighted by molar-refractivity contribution is 5.89. The summed E-state index contributed by atoms with van der Waals surface area (Å²) in [4.78, 5) is 25.4. The predicted octanol–water partition coefficient (Wildman–Crippen LogP) is 1.35. The van der Waals surface area contributed by atoms with E-state index in [1.165, 1.54) is 12.1 Å². The van der Waals surface area contributed by atoms with Crippen LogP contribution in [0.1, 0.15) is 18.4 Å². The van der Waals surface area contributed by atoms with Crippen LogP contribution in [0.3, 0.4) is 0 Å². The summed E-state index contributed by atoms with van der Waals surface area (Å²) in [7, 11) is 0. The maximum absolute atomic E-state index is 12.9. The van der Waals surface area contributed by atoms with Gasteiger partial charge >= 0.3 is 0 Å². The van der Waals surface area contributed by atoms with Gasteiger partial charge in [-0.25, -0.2) is 4.39 Å². The van der Waals surface area contributed by atoms with Crippen LogP contribution in [-0.4, -0.2) is 36.3 Å². The van der Waals surface area contributed by atoms with Gasteiger partial charge in [-0.1, -0.05) is 12.1 Å². The van der Waals surface area contributed by atoms with Crippen molar-refractivity contribution >= 4 is 11.8 Å². The Morgan fingerprint density at radius 3 is 2.76 bits per heavy atom. The second-order valence-corrected chi connectivity index (χ2v) is 5.97. The summed E-state index contributed by atoms with van der Waals surface area (Å²) in [5, 5.41) is 2.71. The van der Waals surface area contributed by atoms with E-state index in [0.717, 1.165) is 31.5 Å². The average Bonchev–Trinajstić information content (AvgIpc) is 3.10. The third-order valence-electron chi connectivity index (χ3n) is 4.36. The first-order valence-electron chi connectivity index (χ1n) is 7.42. The Labute approximate surface area is 123 Å². The summed E-state index contributed by atoms with van der Waals surface area (Å²) in [5.74, 6) is 0.0669. The van der Waals surface area contributed by atoms with Gasteiger partial charge in [0.05, 0.1) is 5.92 Å². The standard InChI is InChI=1S/C16H19FN2O2/c17-14-3-1-11(2-4-14)7-12-5-6-19(10-12)16(21)13-8-15(20)18-9-13/h1-4,12-13H,5-10H2,(H,18,20). The number of hydrogen-bond donors (Lipinski definition) is 1. The quantitative estimate of drug-likeness (QED) is 0.913. The number of hydrogen-bond acceptors (Lipinski definition) is 2. The number of halogens is 1. The average molecular weight is 290 g/mol. The van der Waals surface area contributed by atoms with Crippen LogP contribution in [0.15, 0.2) is 24.3 Å². The highest BCUT2D eigenvalue weighted by Crippen LogP contribution is 2.24. The Kier molecular flexibility index (Phi) is 3.90. The maximum Gasteiger partial charge on any atom is 0.227 e. The van der Waals surface area contributed by atoms with Crippen LogP contribution in [0.2, 0.25) is 0 Å². The van der Waals surface area contributed by atoms with Crippen LogP contribution in [-0.2, 0) is 16.0 Å². The van der Waals surface area contributed by atoms with Crippen LogP contribution < -0.4 is 5.32 Å². The Morgan fingerprint density at radius 2 is 2.10 bits per heavy atom. The summed E-state index contributed by atoms with van der Waals surface area (Å²) in [5.41, 5.74) is 1.11. The molecule has 2 amide bonds. The molecule has 0 spiro atoms. The van der Waals surface area contributed by atoms with Crippen molar-refractivity contribution in [2.45, 2.75) is 19.3 Å². The SMILES string of the molecule is O=C1CC(C(=O)N2CCC(Cc3ccc(F)cc3)C2)CN1. The molecular weight excluding hydrogens is 271 g/mol. The molecule has 3 rings (SSSR count). The van der Waals surface area contributed by atoms with Gasteiger partial charge in [0.2, 0.25) is 11.8 Å². The molecule has 1 N–H and O–H groups in total. The monoisotopic (exact) mass is 290 g/mol. The number of nitrogens with one attached hydrogen (secondary N) is 1. The zero-order valence-electron chi connectivity index (χ0n) is 11.8. The van der Waals surface area contributed by atoms with Gasteiger partial charge in [-0.15, -0.1) is 0 Å². The number of carbonyl (C=O) groups excluding carboxylic acids is 2. The van der Waals surface area contributed by atoms with Crippen molar-refractivity contribution in [2.24, 2.45) is 11.8 Å². The molecule has 4 nitrogen and oxygen atoms in total. The van der Waals surface area contributed by atoms with Crippen molar-refractivity contribution in [2.75, 3.05) is 19.6 Å². The molecule has 2 unspecified atom stereocenters. The fraction of sp³-hybridized carbons (Fsp3) is 0.500. The Hall–Kier alpha value is -1.91. The van der Waals surface area contributed by atoms with Gasteiger partial charge < -0.3 is 10.2 Å². The molecule has 2 fully saturated rings. The molecule has 1 aromatic carbocycles. The van der Waals surface area contributed by atoms with Crippen molar-refractivity contribution < 1.29 is 14.0 Å². The Balaban J connectivity index is 1.54. The molecule has 0 aliphatic carbocycles. The van der Waals surface area contributed by atoms with Crippen molar-refractivity contribution in [3.05, 3.63) is 35.6 Å². The summed E-state index contributed by atoms with van der Waals surface area (Å²) in [6.45, 7) is 1.97. The lowest BCUT2D eigenvalue weighted by molar-refractivity contribution is -0.134. The van der Waals surface area contributed by atoms with Gasteiger partial charge in [-0.2, -0.15) is 0 Å². The van der Waals surface area contributed by atoms with Crippen molar-refractivity contribution in [1.82, 2.24) is 10.2 Å². The van der Waals surface area contributed by atoms with Crippen LogP contribution in [0.25, 0.3) is 0 Å². The number of rotatable bonds is 3. The first-order chi connectivity index (χ1) is 10.1. The smallest absolute Gasteiger partial charge is 0.227 e. The van der Waals surface area contributed by atoms with E-state index in [2.05, 4.69) is 5.32 Å². The summed E-state index contributed by atoms with van der Waals surface area (Å²) in [6.07, 6.45) is 2.15. The number of nitrogens with zero attached hydrogens (tertiary/aromatic N) is 1. The van der Waals surface area contributed by atoms with Gasteiger partial charge in [0.15, 0.2) is 0 Å². The van der Waals surface area contributed by atoms with Crippen molar-refractivity contribution in [3.8, 4) is 0 Å². The molecule has 2 aliphatic rings. The number of carbonyl (C=O) groups is 2. The lowest BCUT2D eigenvalue weighted by Gasteiger charge is -2.19. The van der Waals surface area contributed by atoms with Crippen LogP contribution in [0.5, 0.6) is 0 Å². The van der Waals surface area contributed by atoms with E-state index in [9.17, 15) is 14.0 Å². The third-order valence-corrected chi connectivity index (χ3v) is 4.36. The van der Waals surface area contributed by atoms with Gasteiger partial charge in [0.25, 0.3) is 0 Å². The van der Waals surface area contributed by atoms with Crippen LogP contribution >= 0.6 is 0 Å². The van der Waals surface area contributed by atoms with Gasteiger partial charge in [-0.05, 0) is 36.5 Å². The second-order valence-electron chi connectivity index (χ2n) is 5.97. The summed E-state index contributed by atoms with van der Waals surface area (Å²) >= 11 is 0. The molecule has 21 heavy (non-hydrogen) atoms. The van der Waals surface area contributed by atoms with E-state index in [0.29, 0.717) is 18.9 Å². The van der Waals surface area contributed by atoms with Gasteiger partial charge in [0.1, 0.15) is 5.82 Å². The first kappa shape index (κ1) is 14.0. The fourth-order valence-electron chi connectivity index (χ4n) is 3.19. The van der Waals surface area contributed by atoms with E-state index < -0.39 is 0 Å². The van der Waals surface area contributed by atoms with Crippen LogP contribution in [0, 0.1) is 17.7 Å². The number of amides is 2. The molecule has 5 heteroatoms. The lowest BCUT2D eigenvalue weighted by Crippen LogP contribution is -2.35. The second kappa shape index (κ2) is 5.84. The highest BCUT2D eigenvalue weighted by atomic mass is 19.1. The Morgan fingerprint density at radius 1 is 1.33 bits per heavy atom. The predicted molar refractivity (Wildman–Crippen MR) is 75.9 cm³/mol. The van der Waals surface area contributed by atoms with Crippen LogP contribution in [0.4, 0.5) is 4.39 Å². The first-order valence-corrected chi connectivity index (χ1v) is 7.42. The fourth-order valence-corrected chi connectivity index (χ4v) is 3.19. The van der Waals surface area contributed by atoms with E-state index in [1.807, 2.05) is 4.90 Å². The molecule has 0 aromatic heterocycles. The molecular formula is C16H19FN2O2. The highest BCUT2D eigenvalue weighted by Gasteiger charge is 2.34. The summed E-state index contributed by atoms with van der Waals surface area (Å²) in [6, 6.07) is 6.56. The molecule has 112 valence electrons. The van der Waals surface area contributed by atoms with E-state index in [4.69, 9.17) is 0 Å². The molecule has 0 saturated carbocycles. The van der Waals surface area contributed by atoms with Gasteiger partial charge in [-0.3, -0.25) is 9.59 Å². The lowest BCUT2D eigenvalue weighted by atomic mass is 9.99. The van der Waals surface area contributed by atoms with Crippen molar-refractivity contribution in [3.63, 3.8) is 0 Å². The topological polar surface area (TPSA) is 49.4 Å². The van der Waals surface area contributed by atoms with E-state index in [-0.39, 0.29) is 23.5 Å². The summed E-state index contributed by atoms with van der Waals surface area (Å²) < 4.78 is 12.9. The number of likely N-dealkylation sites (tertiary alicyclic amines) is 1. The van der Waals surface area contributed by atoms with Gasteiger partial charge in [0, 0.05) is 26.1 Å². The molecule has 0 radical (unpaired) electrons. The largest absolute Gasteiger partial charge is 0.355 e. The zero-order chi connectivity index (χ0) is 14.8. The molecule has 2 aliphatic heterocycles.